The highest BCUT2D eigenvalue weighted by atomic mass is 16.6. The molecule has 0 amide bonds. The van der Waals surface area contributed by atoms with Crippen LogP contribution in [0.5, 0.6) is 0 Å². The molecule has 0 aliphatic rings. The Morgan fingerprint density at radius 1 is 0.545 bits per heavy atom. The molecule has 0 heterocycles. The minimum atomic E-state index is -1.14. The Balaban J connectivity index is 4.35. The average Bonchev–Trinajstić information content (AvgIpc) is 3.14. The highest BCUT2D eigenvalue weighted by molar-refractivity contribution is 5.70. The molecule has 0 N–H and O–H groups in total. The zero-order valence-electron chi connectivity index (χ0n) is 35.3. The second kappa shape index (κ2) is 37.4. The number of unbranched alkanes of at least 4 members (excludes halogenated alkanes) is 8. The normalized spacial score (nSPS) is 13.8. The topological polar surface area (TPSA) is 102 Å². The van der Waals surface area contributed by atoms with Crippen LogP contribution in [0.1, 0.15) is 142 Å². The van der Waals surface area contributed by atoms with Crippen molar-refractivity contribution in [2.75, 3.05) is 41.0 Å². The van der Waals surface area contributed by atoms with Crippen LogP contribution in [0, 0.1) is 0 Å². The van der Waals surface area contributed by atoms with Crippen molar-refractivity contribution in [2.24, 2.45) is 0 Å². The lowest BCUT2D eigenvalue weighted by Gasteiger charge is -2.34. The first-order valence-electron chi connectivity index (χ1n) is 21.1. The van der Waals surface area contributed by atoms with Gasteiger partial charge in [0.25, 0.3) is 0 Å². The number of likely N-dealkylation sites (N-methyl/N-ethyl adjacent to an activating group) is 1. The van der Waals surface area contributed by atoms with Gasteiger partial charge in [0.05, 0.1) is 40.3 Å². The molecular weight excluding hydrogens is 691 g/mol. The maximum Gasteiger partial charge on any atom is 0.306 e. The smallest absolute Gasteiger partial charge is 0.306 e. The fourth-order valence-corrected chi connectivity index (χ4v) is 5.54. The summed E-state index contributed by atoms with van der Waals surface area (Å²) in [4.78, 5) is 36.7. The van der Waals surface area contributed by atoms with Gasteiger partial charge in [-0.3, -0.25) is 9.59 Å². The van der Waals surface area contributed by atoms with E-state index in [1.165, 1.54) is 12.8 Å². The van der Waals surface area contributed by atoms with E-state index in [9.17, 15) is 19.5 Å². The highest BCUT2D eigenvalue weighted by Gasteiger charge is 2.25. The van der Waals surface area contributed by atoms with E-state index >= 15 is 0 Å². The Hall–Kier alpha value is -3.49. The van der Waals surface area contributed by atoms with E-state index in [4.69, 9.17) is 14.2 Å². The van der Waals surface area contributed by atoms with Crippen molar-refractivity contribution in [2.45, 2.75) is 154 Å². The standard InChI is InChI=1S/C47H77NO7/c1-6-8-10-12-14-16-17-18-19-20-21-22-23-24-25-26-27-28-30-32-34-36-38-46(50)55-43(41-53-40-39-44(47(51)52)48(3,4)5)42-54-45(49)37-35-33-31-29-15-13-11-9-7-2/h8-11,14-16,18-19,21-22,24-25,29,43-44H,6-7,12-13,17,20,23,26-28,30-42H2,1-5H3/b10-8+,11-9+,16-14+,19-18+,22-21+,25-24+,29-15+. The molecule has 0 radical (unpaired) electrons. The number of hydrogen-bond acceptors (Lipinski definition) is 7. The number of quaternary nitrogens is 1. The number of esters is 2. The van der Waals surface area contributed by atoms with Crippen LogP contribution in [0.25, 0.3) is 0 Å². The van der Waals surface area contributed by atoms with Gasteiger partial charge in [0.1, 0.15) is 12.6 Å². The molecule has 8 nitrogen and oxygen atoms in total. The van der Waals surface area contributed by atoms with Gasteiger partial charge in [0, 0.05) is 19.3 Å². The number of carbonyl (C=O) groups excluding carboxylic acids is 3. The molecular formula is C47H77NO7. The number of carboxylic acid groups (broad SMARTS) is 1. The molecule has 0 fully saturated rings. The number of aliphatic carboxylic acids is 1. The maximum atomic E-state index is 12.7. The molecule has 0 spiro atoms. The first-order valence-corrected chi connectivity index (χ1v) is 21.1. The van der Waals surface area contributed by atoms with Crippen LogP contribution in [0.2, 0.25) is 0 Å². The van der Waals surface area contributed by atoms with E-state index in [1.807, 2.05) is 0 Å². The van der Waals surface area contributed by atoms with Crippen molar-refractivity contribution in [1.82, 2.24) is 0 Å². The Bertz CT molecular complexity index is 1170. The van der Waals surface area contributed by atoms with E-state index in [0.29, 0.717) is 19.3 Å². The van der Waals surface area contributed by atoms with Gasteiger partial charge < -0.3 is 28.6 Å². The van der Waals surface area contributed by atoms with E-state index in [-0.39, 0.29) is 42.7 Å². The van der Waals surface area contributed by atoms with Crippen LogP contribution < -0.4 is 5.11 Å². The molecule has 0 aliphatic carbocycles. The number of rotatable bonds is 36. The molecule has 0 aliphatic heterocycles. The summed E-state index contributed by atoms with van der Waals surface area (Å²) in [6, 6.07) is -0.737. The molecule has 2 unspecified atom stereocenters. The number of hydrogen-bond donors (Lipinski definition) is 0. The third kappa shape index (κ3) is 35.9. The fourth-order valence-electron chi connectivity index (χ4n) is 5.54. The summed E-state index contributed by atoms with van der Waals surface area (Å²) in [6.07, 6.45) is 47.7. The number of carboxylic acids is 1. The van der Waals surface area contributed by atoms with Gasteiger partial charge in [-0.2, -0.15) is 0 Å². The summed E-state index contributed by atoms with van der Waals surface area (Å²) < 4.78 is 17.0. The van der Waals surface area contributed by atoms with Crippen LogP contribution in [0.4, 0.5) is 0 Å². The van der Waals surface area contributed by atoms with E-state index in [0.717, 1.165) is 89.9 Å². The molecule has 0 aromatic rings. The second-order valence-electron chi connectivity index (χ2n) is 14.8. The van der Waals surface area contributed by atoms with Crippen molar-refractivity contribution in [1.29, 1.82) is 0 Å². The number of nitrogens with zero attached hydrogens (tertiary/aromatic N) is 1. The van der Waals surface area contributed by atoms with Gasteiger partial charge >= 0.3 is 11.9 Å². The summed E-state index contributed by atoms with van der Waals surface area (Å²) in [5.41, 5.74) is 0. The monoisotopic (exact) mass is 768 g/mol. The number of allylic oxidation sites excluding steroid dienone is 14. The zero-order chi connectivity index (χ0) is 40.7. The van der Waals surface area contributed by atoms with Gasteiger partial charge in [-0.15, -0.1) is 0 Å². The molecule has 312 valence electrons. The van der Waals surface area contributed by atoms with E-state index < -0.39 is 18.1 Å². The maximum absolute atomic E-state index is 12.7. The molecule has 55 heavy (non-hydrogen) atoms. The molecule has 0 saturated heterocycles. The van der Waals surface area contributed by atoms with Crippen molar-refractivity contribution in [3.63, 3.8) is 0 Å². The Kier molecular flexibility index (Phi) is 35.1. The van der Waals surface area contributed by atoms with Gasteiger partial charge in [-0.05, 0) is 83.5 Å². The average molecular weight is 768 g/mol. The molecule has 0 rings (SSSR count). The molecule has 2 atom stereocenters. The van der Waals surface area contributed by atoms with Crippen molar-refractivity contribution >= 4 is 17.9 Å². The molecule has 8 heteroatoms. The zero-order valence-corrected chi connectivity index (χ0v) is 35.3. The van der Waals surface area contributed by atoms with Crippen molar-refractivity contribution < 1.29 is 38.2 Å². The number of carbonyl (C=O) groups is 3. The second-order valence-corrected chi connectivity index (χ2v) is 14.8. The first-order chi connectivity index (χ1) is 26.6. The summed E-state index contributed by atoms with van der Waals surface area (Å²) >= 11 is 0. The van der Waals surface area contributed by atoms with E-state index in [1.54, 1.807) is 21.1 Å². The van der Waals surface area contributed by atoms with Crippen LogP contribution in [0.15, 0.2) is 85.1 Å². The van der Waals surface area contributed by atoms with Crippen molar-refractivity contribution in [3.8, 4) is 0 Å². The quantitative estimate of drug-likeness (QED) is 0.0271. The lowest BCUT2D eigenvalue weighted by atomic mass is 10.1. The minimum absolute atomic E-state index is 0.0189. The molecule has 0 saturated carbocycles. The predicted octanol–water partition coefficient (Wildman–Crippen LogP) is 10.0. The minimum Gasteiger partial charge on any atom is -0.544 e. The van der Waals surface area contributed by atoms with Gasteiger partial charge in [-0.1, -0.05) is 125 Å². The molecule has 0 aromatic carbocycles. The molecule has 0 aromatic heterocycles. The van der Waals surface area contributed by atoms with Crippen molar-refractivity contribution in [3.05, 3.63) is 85.1 Å². The summed E-state index contributed by atoms with van der Waals surface area (Å²) in [5, 5.41) is 11.6. The largest absolute Gasteiger partial charge is 0.544 e. The van der Waals surface area contributed by atoms with Crippen LogP contribution in [0.3, 0.4) is 0 Å². The lowest BCUT2D eigenvalue weighted by Crippen LogP contribution is -2.55. The van der Waals surface area contributed by atoms with E-state index in [2.05, 4.69) is 98.9 Å². The van der Waals surface area contributed by atoms with Gasteiger partial charge in [0.15, 0.2) is 6.10 Å². The third-order valence-corrected chi connectivity index (χ3v) is 8.78. The predicted molar refractivity (Wildman–Crippen MR) is 226 cm³/mol. The third-order valence-electron chi connectivity index (χ3n) is 8.78. The van der Waals surface area contributed by atoms with Crippen LogP contribution in [-0.4, -0.2) is 75.5 Å². The Morgan fingerprint density at radius 3 is 1.45 bits per heavy atom. The molecule has 0 bridgehead atoms. The first kappa shape index (κ1) is 51.5. The lowest BCUT2D eigenvalue weighted by molar-refractivity contribution is -0.889. The highest BCUT2D eigenvalue weighted by Crippen LogP contribution is 2.12. The van der Waals surface area contributed by atoms with Crippen LogP contribution in [-0.2, 0) is 28.6 Å². The van der Waals surface area contributed by atoms with Crippen LogP contribution >= 0.6 is 0 Å². The SMILES string of the molecule is CC/C=C/C/C=C/C/C=C/C/C=C/C/C=C/CCCCCCCCC(=O)OC(COCCC(C(=O)[O-])[N+](C)(C)C)COC(=O)CCCC/C=C/C/C=C/CC. The summed E-state index contributed by atoms with van der Waals surface area (Å²) in [6.45, 7) is 4.34. The fraction of sp³-hybridized carbons (Fsp3) is 0.638. The Morgan fingerprint density at radius 2 is 0.964 bits per heavy atom. The van der Waals surface area contributed by atoms with Gasteiger partial charge in [0.2, 0.25) is 0 Å². The summed E-state index contributed by atoms with van der Waals surface area (Å²) in [5.74, 6) is -1.82. The van der Waals surface area contributed by atoms with Gasteiger partial charge in [-0.25, -0.2) is 0 Å². The summed E-state index contributed by atoms with van der Waals surface area (Å²) in [7, 11) is 5.37. The number of ether oxygens (including phenoxy) is 3. The Labute approximate surface area is 335 Å².